The van der Waals surface area contributed by atoms with Crippen molar-refractivity contribution in [2.45, 2.75) is 13.3 Å². The summed E-state index contributed by atoms with van der Waals surface area (Å²) in [6.07, 6.45) is 2.90. The van der Waals surface area contributed by atoms with Crippen LogP contribution in [0, 0.1) is 0 Å². The highest BCUT2D eigenvalue weighted by Gasteiger charge is 2.13. The van der Waals surface area contributed by atoms with Gasteiger partial charge in [0, 0.05) is 23.4 Å². The third kappa shape index (κ3) is 3.77. The van der Waals surface area contributed by atoms with E-state index in [4.69, 9.17) is 4.42 Å². The number of benzene rings is 3. The molecule has 4 aromatic rings. The number of rotatable bonds is 6. The maximum absolute atomic E-state index is 6.11. The Kier molecular flexibility index (Phi) is 5.01. The molecule has 3 aromatic carbocycles. The van der Waals surface area contributed by atoms with E-state index >= 15 is 0 Å². The first-order chi connectivity index (χ1) is 13.3. The van der Waals surface area contributed by atoms with Crippen LogP contribution in [0.1, 0.15) is 13.3 Å². The van der Waals surface area contributed by atoms with Gasteiger partial charge in [0.15, 0.2) is 5.76 Å². The lowest BCUT2D eigenvalue weighted by molar-refractivity contribution is 0.589. The molecule has 0 atom stereocenters. The van der Waals surface area contributed by atoms with Crippen molar-refractivity contribution in [3.8, 4) is 33.9 Å². The second-order valence-corrected chi connectivity index (χ2v) is 6.45. The molecule has 0 radical (unpaired) electrons. The summed E-state index contributed by atoms with van der Waals surface area (Å²) in [5.41, 5.74) is 5.41. The van der Waals surface area contributed by atoms with Crippen molar-refractivity contribution in [2.75, 3.05) is 11.9 Å². The molecule has 1 aromatic heterocycles. The molecule has 4 rings (SSSR count). The molecule has 3 heteroatoms. The number of aromatic nitrogens is 1. The molecule has 0 aliphatic heterocycles. The monoisotopic (exact) mass is 354 g/mol. The number of hydrogen-bond acceptors (Lipinski definition) is 3. The van der Waals surface area contributed by atoms with Gasteiger partial charge in [-0.15, -0.1) is 0 Å². The number of oxazole rings is 1. The summed E-state index contributed by atoms with van der Waals surface area (Å²) >= 11 is 0. The fourth-order valence-corrected chi connectivity index (χ4v) is 3.09. The summed E-state index contributed by atoms with van der Waals surface area (Å²) < 4.78 is 6.11. The van der Waals surface area contributed by atoms with Crippen LogP contribution >= 0.6 is 0 Å². The first-order valence-electron chi connectivity index (χ1n) is 9.30. The van der Waals surface area contributed by atoms with Crippen LogP contribution in [0.3, 0.4) is 0 Å². The third-order valence-electron chi connectivity index (χ3n) is 4.50. The lowest BCUT2D eigenvalue weighted by atomic mass is 10.00. The molecule has 0 spiro atoms. The first kappa shape index (κ1) is 17.1. The van der Waals surface area contributed by atoms with Crippen molar-refractivity contribution in [2.24, 2.45) is 0 Å². The zero-order valence-corrected chi connectivity index (χ0v) is 15.4. The standard InChI is InChI=1S/C24H22N2O/c1-2-16-25-20-14-12-19(13-15-20)23-17-26-24(27-23)22-11-7-6-10-21(22)18-8-4-3-5-9-18/h3-15,17,25H,2,16H2,1H3. The van der Waals surface area contributed by atoms with Crippen molar-refractivity contribution in [1.82, 2.24) is 4.98 Å². The molecular weight excluding hydrogens is 332 g/mol. The van der Waals surface area contributed by atoms with Crippen molar-refractivity contribution in [1.29, 1.82) is 0 Å². The Labute approximate surface area is 159 Å². The smallest absolute Gasteiger partial charge is 0.227 e. The van der Waals surface area contributed by atoms with E-state index in [1.165, 1.54) is 0 Å². The maximum Gasteiger partial charge on any atom is 0.227 e. The number of nitrogens with one attached hydrogen (secondary N) is 1. The average molecular weight is 354 g/mol. The molecule has 3 nitrogen and oxygen atoms in total. The predicted octanol–water partition coefficient (Wildman–Crippen LogP) is 6.50. The summed E-state index contributed by atoms with van der Waals surface area (Å²) in [6.45, 7) is 3.13. The Morgan fingerprint density at radius 1 is 0.778 bits per heavy atom. The van der Waals surface area contributed by atoms with Gasteiger partial charge >= 0.3 is 0 Å². The van der Waals surface area contributed by atoms with Gasteiger partial charge in [-0.25, -0.2) is 4.98 Å². The zero-order valence-electron chi connectivity index (χ0n) is 15.4. The van der Waals surface area contributed by atoms with Gasteiger partial charge in [-0.3, -0.25) is 0 Å². The summed E-state index contributed by atoms with van der Waals surface area (Å²) in [5.74, 6) is 1.41. The van der Waals surface area contributed by atoms with Crippen LogP contribution in [-0.4, -0.2) is 11.5 Å². The predicted molar refractivity (Wildman–Crippen MR) is 112 cm³/mol. The second kappa shape index (κ2) is 7.92. The van der Waals surface area contributed by atoms with Gasteiger partial charge in [0.2, 0.25) is 5.89 Å². The minimum Gasteiger partial charge on any atom is -0.436 e. The molecule has 0 aliphatic carbocycles. The summed E-state index contributed by atoms with van der Waals surface area (Å²) in [5, 5.41) is 3.38. The van der Waals surface area contributed by atoms with Crippen molar-refractivity contribution in [3.63, 3.8) is 0 Å². The van der Waals surface area contributed by atoms with Crippen molar-refractivity contribution >= 4 is 5.69 Å². The molecule has 1 N–H and O–H groups in total. The van der Waals surface area contributed by atoms with Crippen LogP contribution in [0.25, 0.3) is 33.9 Å². The second-order valence-electron chi connectivity index (χ2n) is 6.45. The Balaban J connectivity index is 1.64. The summed E-state index contributed by atoms with van der Waals surface area (Å²) in [4.78, 5) is 4.54. The van der Waals surface area contributed by atoms with Gasteiger partial charge in [-0.05, 0) is 47.9 Å². The van der Waals surface area contributed by atoms with Crippen molar-refractivity contribution < 1.29 is 4.42 Å². The number of nitrogens with zero attached hydrogens (tertiary/aromatic N) is 1. The van der Waals surface area contributed by atoms with Gasteiger partial charge in [-0.1, -0.05) is 55.5 Å². The highest BCUT2D eigenvalue weighted by atomic mass is 16.4. The summed E-state index contributed by atoms with van der Waals surface area (Å²) in [6, 6.07) is 26.8. The maximum atomic E-state index is 6.11. The van der Waals surface area contributed by atoms with Gasteiger partial charge < -0.3 is 9.73 Å². The lowest BCUT2D eigenvalue weighted by Crippen LogP contribution is -1.98. The molecule has 0 unspecified atom stereocenters. The van der Waals surface area contributed by atoms with E-state index in [0.29, 0.717) is 5.89 Å². The lowest BCUT2D eigenvalue weighted by Gasteiger charge is -2.07. The van der Waals surface area contributed by atoms with Crippen LogP contribution in [-0.2, 0) is 0 Å². The van der Waals surface area contributed by atoms with Crippen LogP contribution in [0.15, 0.2) is 89.5 Å². The quantitative estimate of drug-likeness (QED) is 0.429. The van der Waals surface area contributed by atoms with Gasteiger partial charge in [0.25, 0.3) is 0 Å². The zero-order chi connectivity index (χ0) is 18.5. The van der Waals surface area contributed by atoms with Crippen LogP contribution in [0.5, 0.6) is 0 Å². The van der Waals surface area contributed by atoms with E-state index in [-0.39, 0.29) is 0 Å². The molecule has 27 heavy (non-hydrogen) atoms. The molecule has 0 aliphatic rings. The first-order valence-corrected chi connectivity index (χ1v) is 9.30. The number of hydrogen-bond donors (Lipinski definition) is 1. The Bertz CT molecular complexity index is 1000. The van der Waals surface area contributed by atoms with Gasteiger partial charge in [0.1, 0.15) is 0 Å². The third-order valence-corrected chi connectivity index (χ3v) is 4.50. The van der Waals surface area contributed by atoms with Gasteiger partial charge in [-0.2, -0.15) is 0 Å². The van der Waals surface area contributed by atoms with Crippen molar-refractivity contribution in [3.05, 3.63) is 85.1 Å². The van der Waals surface area contributed by atoms with Gasteiger partial charge in [0.05, 0.1) is 6.20 Å². The van der Waals surface area contributed by atoms with E-state index in [9.17, 15) is 0 Å². The highest BCUT2D eigenvalue weighted by Crippen LogP contribution is 2.33. The molecular formula is C24H22N2O. The fraction of sp³-hybridized carbons (Fsp3) is 0.125. The molecule has 0 fully saturated rings. The van der Waals surface area contributed by atoms with Crippen LogP contribution in [0.2, 0.25) is 0 Å². The molecule has 134 valence electrons. The van der Waals surface area contributed by atoms with E-state index in [0.717, 1.165) is 46.7 Å². The highest BCUT2D eigenvalue weighted by molar-refractivity contribution is 5.80. The Hall–Kier alpha value is -3.33. The largest absolute Gasteiger partial charge is 0.436 e. The topological polar surface area (TPSA) is 38.1 Å². The molecule has 0 amide bonds. The average Bonchev–Trinajstić information content (AvgIpc) is 3.23. The number of anilines is 1. The minimum atomic E-state index is 0.637. The van der Waals surface area contributed by atoms with E-state index < -0.39 is 0 Å². The summed E-state index contributed by atoms with van der Waals surface area (Å²) in [7, 11) is 0. The van der Waals surface area contributed by atoms with E-state index in [1.807, 2.05) is 30.3 Å². The SMILES string of the molecule is CCCNc1ccc(-c2cnc(-c3ccccc3-c3ccccc3)o2)cc1. The normalized spacial score (nSPS) is 10.7. The van der Waals surface area contributed by atoms with E-state index in [2.05, 4.69) is 65.8 Å². The minimum absolute atomic E-state index is 0.637. The Morgan fingerprint density at radius 2 is 1.48 bits per heavy atom. The van der Waals surface area contributed by atoms with Crippen LogP contribution < -0.4 is 5.32 Å². The molecule has 0 saturated carbocycles. The van der Waals surface area contributed by atoms with E-state index in [1.54, 1.807) is 6.20 Å². The van der Waals surface area contributed by atoms with Crippen LogP contribution in [0.4, 0.5) is 5.69 Å². The fourth-order valence-electron chi connectivity index (χ4n) is 3.09. The Morgan fingerprint density at radius 3 is 2.22 bits per heavy atom. The molecule has 0 bridgehead atoms. The molecule has 0 saturated heterocycles. The molecule has 1 heterocycles.